The van der Waals surface area contributed by atoms with Crippen LogP contribution in [0.25, 0.3) is 0 Å². The highest BCUT2D eigenvalue weighted by Gasteiger charge is 2.48. The van der Waals surface area contributed by atoms with Crippen molar-refractivity contribution < 1.29 is 19.5 Å². The van der Waals surface area contributed by atoms with E-state index in [9.17, 15) is 19.5 Å². The lowest BCUT2D eigenvalue weighted by molar-refractivity contribution is -0.255. The van der Waals surface area contributed by atoms with Gasteiger partial charge in [-0.1, -0.05) is 24.4 Å². The molecular weight excluding hydrogens is 294 g/mol. The second kappa shape index (κ2) is 5.15. The Balaban J connectivity index is 2.00. The first-order valence-electron chi connectivity index (χ1n) is 6.89. The molecule has 1 saturated heterocycles. The molecule has 2 aliphatic rings. The van der Waals surface area contributed by atoms with Gasteiger partial charge in [-0.05, 0) is 31.0 Å². The summed E-state index contributed by atoms with van der Waals surface area (Å²) in [4.78, 5) is 37.0. The number of imide groups is 1. The number of carbonyl (C=O) groups excluding carboxylic acids is 3. The first-order valence-corrected chi connectivity index (χ1v) is 7.27. The van der Waals surface area contributed by atoms with Gasteiger partial charge in [0.2, 0.25) is 11.8 Å². The van der Waals surface area contributed by atoms with Crippen LogP contribution in [0.3, 0.4) is 0 Å². The topological polar surface area (TPSA) is 77.5 Å². The zero-order chi connectivity index (χ0) is 15.1. The zero-order valence-electron chi connectivity index (χ0n) is 11.2. The van der Waals surface area contributed by atoms with E-state index >= 15 is 0 Å². The molecule has 0 aromatic heterocycles. The van der Waals surface area contributed by atoms with Crippen LogP contribution in [0, 0.1) is 11.8 Å². The number of rotatable bonds is 2. The summed E-state index contributed by atoms with van der Waals surface area (Å²) in [6.45, 7) is 0. The second-order valence-electron chi connectivity index (χ2n) is 5.46. The summed E-state index contributed by atoms with van der Waals surface area (Å²) in [5.74, 6) is -2.45. The van der Waals surface area contributed by atoms with Crippen LogP contribution in [0.15, 0.2) is 18.2 Å². The zero-order valence-corrected chi connectivity index (χ0v) is 11.9. The molecule has 0 unspecified atom stereocenters. The number of fused-ring (bicyclic) bond motifs is 1. The Kier molecular flexibility index (Phi) is 3.45. The Morgan fingerprint density at radius 1 is 1.14 bits per heavy atom. The molecule has 3 rings (SSSR count). The number of anilines is 1. The third-order valence-corrected chi connectivity index (χ3v) is 4.60. The number of carboxylic acids is 1. The second-order valence-corrected chi connectivity index (χ2v) is 5.87. The van der Waals surface area contributed by atoms with Gasteiger partial charge in [-0.15, -0.1) is 0 Å². The van der Waals surface area contributed by atoms with Gasteiger partial charge >= 0.3 is 0 Å². The van der Waals surface area contributed by atoms with Crippen LogP contribution in [-0.4, -0.2) is 17.8 Å². The van der Waals surface area contributed by atoms with Crippen molar-refractivity contribution >= 4 is 35.1 Å². The maximum atomic E-state index is 12.4. The summed E-state index contributed by atoms with van der Waals surface area (Å²) in [5, 5.41) is 11.0. The number of hydrogen-bond donors (Lipinski definition) is 0. The van der Waals surface area contributed by atoms with Crippen molar-refractivity contribution in [1.82, 2.24) is 0 Å². The molecule has 6 heteroatoms. The van der Waals surface area contributed by atoms with Crippen molar-refractivity contribution in [3.8, 4) is 0 Å². The first kappa shape index (κ1) is 14.1. The van der Waals surface area contributed by atoms with E-state index in [0.29, 0.717) is 12.8 Å². The number of amides is 2. The molecule has 21 heavy (non-hydrogen) atoms. The van der Waals surface area contributed by atoms with Crippen LogP contribution in [0.1, 0.15) is 36.0 Å². The van der Waals surface area contributed by atoms with Gasteiger partial charge in [0.15, 0.2) is 0 Å². The molecule has 0 radical (unpaired) electrons. The van der Waals surface area contributed by atoms with Gasteiger partial charge in [-0.2, -0.15) is 0 Å². The number of carboxylic acid groups (broad SMARTS) is 1. The Morgan fingerprint density at radius 2 is 1.71 bits per heavy atom. The van der Waals surface area contributed by atoms with E-state index in [4.69, 9.17) is 11.6 Å². The summed E-state index contributed by atoms with van der Waals surface area (Å²) in [6, 6.07) is 4.08. The van der Waals surface area contributed by atoms with E-state index in [1.165, 1.54) is 18.2 Å². The maximum Gasteiger partial charge on any atom is 0.237 e. The minimum absolute atomic E-state index is 0.0234. The quantitative estimate of drug-likeness (QED) is 0.773. The van der Waals surface area contributed by atoms with Crippen LogP contribution >= 0.6 is 11.6 Å². The molecule has 1 aliphatic heterocycles. The third kappa shape index (κ3) is 2.21. The fourth-order valence-electron chi connectivity index (χ4n) is 3.23. The van der Waals surface area contributed by atoms with Gasteiger partial charge < -0.3 is 9.90 Å². The minimum Gasteiger partial charge on any atom is -0.545 e. The lowest BCUT2D eigenvalue weighted by Gasteiger charge is -2.19. The van der Waals surface area contributed by atoms with Gasteiger partial charge in [0.1, 0.15) is 0 Å². The van der Waals surface area contributed by atoms with Crippen molar-refractivity contribution in [3.63, 3.8) is 0 Å². The van der Waals surface area contributed by atoms with Gasteiger partial charge in [-0.3, -0.25) is 14.5 Å². The maximum absolute atomic E-state index is 12.4. The van der Waals surface area contributed by atoms with Crippen LogP contribution in [0.4, 0.5) is 5.69 Å². The number of nitrogens with zero attached hydrogens (tertiary/aromatic N) is 1. The van der Waals surface area contributed by atoms with E-state index in [0.717, 1.165) is 17.7 Å². The molecule has 2 amide bonds. The molecule has 110 valence electrons. The fraction of sp³-hybridized carbons (Fsp3) is 0.400. The highest BCUT2D eigenvalue weighted by molar-refractivity contribution is 6.33. The standard InChI is InChI=1S/C15H14ClNO4/c16-12-6-5-8(7-11(12)15(20)21)17-13(18)9-3-1-2-4-10(9)14(17)19/h5-7,9-10H,1-4H2,(H,20,21)/p-1/t9-,10+. The van der Waals surface area contributed by atoms with E-state index in [1.54, 1.807) is 0 Å². The number of carbonyl (C=O) groups is 3. The Labute approximate surface area is 126 Å². The highest BCUT2D eigenvalue weighted by atomic mass is 35.5. The molecule has 1 aliphatic carbocycles. The molecule has 1 saturated carbocycles. The minimum atomic E-state index is -1.43. The summed E-state index contributed by atoms with van der Waals surface area (Å²) >= 11 is 5.78. The van der Waals surface area contributed by atoms with Crippen molar-refractivity contribution in [2.24, 2.45) is 11.8 Å². The van der Waals surface area contributed by atoms with Crippen molar-refractivity contribution in [2.45, 2.75) is 25.7 Å². The molecule has 5 nitrogen and oxygen atoms in total. The SMILES string of the molecule is O=C([O-])c1cc(N2C(=O)[C@H]3CCCC[C@H]3C2=O)ccc1Cl. The predicted octanol–water partition coefficient (Wildman–Crippen LogP) is 1.38. The molecule has 1 aromatic rings. The summed E-state index contributed by atoms with van der Waals surface area (Å²) in [7, 11) is 0. The summed E-state index contributed by atoms with van der Waals surface area (Å²) < 4.78 is 0. The molecule has 1 aromatic carbocycles. The summed E-state index contributed by atoms with van der Waals surface area (Å²) in [5.41, 5.74) is 0.0349. The number of benzene rings is 1. The van der Waals surface area contributed by atoms with Gasteiger partial charge in [0.25, 0.3) is 0 Å². The van der Waals surface area contributed by atoms with E-state index < -0.39 is 5.97 Å². The smallest absolute Gasteiger partial charge is 0.237 e. The van der Waals surface area contributed by atoms with Crippen LogP contribution < -0.4 is 10.0 Å². The molecule has 0 spiro atoms. The molecule has 2 atom stereocenters. The molecule has 1 heterocycles. The monoisotopic (exact) mass is 306 g/mol. The fourth-order valence-corrected chi connectivity index (χ4v) is 3.42. The first-order chi connectivity index (χ1) is 10.0. The van der Waals surface area contributed by atoms with E-state index in [-0.39, 0.29) is 39.9 Å². The summed E-state index contributed by atoms with van der Waals surface area (Å²) in [6.07, 6.45) is 3.32. The normalized spacial score (nSPS) is 25.1. The number of hydrogen-bond acceptors (Lipinski definition) is 4. The van der Waals surface area contributed by atoms with Crippen molar-refractivity contribution in [2.75, 3.05) is 4.90 Å². The molecular formula is C15H13ClNO4-. The largest absolute Gasteiger partial charge is 0.545 e. The van der Waals surface area contributed by atoms with Gasteiger partial charge in [0, 0.05) is 10.6 Å². The van der Waals surface area contributed by atoms with Crippen molar-refractivity contribution in [1.29, 1.82) is 0 Å². The van der Waals surface area contributed by atoms with E-state index in [1.807, 2.05) is 0 Å². The lowest BCUT2D eigenvalue weighted by Crippen LogP contribution is -2.31. The Morgan fingerprint density at radius 3 is 2.24 bits per heavy atom. The molecule has 0 bridgehead atoms. The van der Waals surface area contributed by atoms with Crippen LogP contribution in [0.2, 0.25) is 5.02 Å². The highest BCUT2D eigenvalue weighted by Crippen LogP contribution is 2.40. The average molecular weight is 307 g/mol. The predicted molar refractivity (Wildman–Crippen MR) is 73.7 cm³/mol. The lowest BCUT2D eigenvalue weighted by atomic mass is 9.81. The van der Waals surface area contributed by atoms with E-state index in [2.05, 4.69) is 0 Å². The van der Waals surface area contributed by atoms with Crippen molar-refractivity contribution in [3.05, 3.63) is 28.8 Å². The van der Waals surface area contributed by atoms with Crippen LogP contribution in [-0.2, 0) is 9.59 Å². The number of aromatic carboxylic acids is 1. The van der Waals surface area contributed by atoms with Gasteiger partial charge in [-0.25, -0.2) is 0 Å². The van der Waals surface area contributed by atoms with Crippen LogP contribution in [0.5, 0.6) is 0 Å². The van der Waals surface area contributed by atoms with Gasteiger partial charge in [0.05, 0.1) is 23.5 Å². The Bertz CT molecular complexity index is 619. The Hall–Kier alpha value is -1.88. The third-order valence-electron chi connectivity index (χ3n) is 4.27. The molecule has 2 fully saturated rings. The number of halogens is 1. The molecule has 0 N–H and O–H groups in total. The average Bonchev–Trinajstić information content (AvgIpc) is 2.72.